The molecule has 0 aromatic heterocycles. The van der Waals surface area contributed by atoms with Crippen molar-refractivity contribution in [2.75, 3.05) is 27.8 Å². The molecule has 2 aromatic carbocycles. The predicted molar refractivity (Wildman–Crippen MR) is 112 cm³/mol. The van der Waals surface area contributed by atoms with E-state index < -0.39 is 0 Å². The van der Waals surface area contributed by atoms with Gasteiger partial charge in [0, 0.05) is 29.8 Å². The summed E-state index contributed by atoms with van der Waals surface area (Å²) in [7, 11) is 5.09. The maximum atomic E-state index is 5.37. The van der Waals surface area contributed by atoms with Gasteiger partial charge in [-0.3, -0.25) is 4.99 Å². The molecular weight excluding hydrogens is 358 g/mol. The summed E-state index contributed by atoms with van der Waals surface area (Å²) in [5.74, 6) is 2.28. The van der Waals surface area contributed by atoms with Crippen LogP contribution in [-0.2, 0) is 6.54 Å². The summed E-state index contributed by atoms with van der Waals surface area (Å²) in [4.78, 5) is 5.67. The van der Waals surface area contributed by atoms with Gasteiger partial charge in [-0.05, 0) is 42.7 Å². The van der Waals surface area contributed by atoms with Crippen LogP contribution in [0.3, 0.4) is 0 Å². The molecule has 0 heterocycles. The standard InChI is InChI=1S/C21H27N3O2S/c1-22-20(23-14-16-9-10-18(25-2)19(13-16)26-3)24-15-21(11-12-21)27-17-7-5-4-6-8-17/h4-10,13H,11-12,14-15H2,1-3H3,(H2,22,23,24). The molecule has 5 nitrogen and oxygen atoms in total. The molecule has 1 aliphatic rings. The molecule has 0 saturated heterocycles. The second-order valence-electron chi connectivity index (χ2n) is 6.57. The van der Waals surface area contributed by atoms with Gasteiger partial charge in [-0.1, -0.05) is 24.3 Å². The largest absolute Gasteiger partial charge is 0.493 e. The fourth-order valence-electron chi connectivity index (χ4n) is 2.83. The first-order valence-corrected chi connectivity index (χ1v) is 9.89. The zero-order valence-electron chi connectivity index (χ0n) is 16.1. The number of hydrogen-bond donors (Lipinski definition) is 2. The van der Waals surface area contributed by atoms with Crippen LogP contribution in [0.2, 0.25) is 0 Å². The number of benzene rings is 2. The Labute approximate surface area is 165 Å². The number of methoxy groups -OCH3 is 2. The Morgan fingerprint density at radius 3 is 2.41 bits per heavy atom. The van der Waals surface area contributed by atoms with Gasteiger partial charge in [0.2, 0.25) is 0 Å². The molecule has 0 spiro atoms. The topological polar surface area (TPSA) is 54.9 Å². The normalized spacial score (nSPS) is 15.1. The van der Waals surface area contributed by atoms with Crippen molar-refractivity contribution in [2.45, 2.75) is 29.0 Å². The van der Waals surface area contributed by atoms with Crippen molar-refractivity contribution in [2.24, 2.45) is 4.99 Å². The molecule has 144 valence electrons. The SMILES string of the molecule is CN=C(NCc1ccc(OC)c(OC)c1)NCC1(Sc2ccccc2)CC1. The van der Waals surface area contributed by atoms with E-state index in [0.29, 0.717) is 6.54 Å². The first-order chi connectivity index (χ1) is 13.2. The highest BCUT2D eigenvalue weighted by Crippen LogP contribution is 2.51. The lowest BCUT2D eigenvalue weighted by molar-refractivity contribution is 0.354. The average molecular weight is 386 g/mol. The number of aliphatic imine (C=N–C) groups is 1. The molecule has 0 atom stereocenters. The molecule has 2 aromatic rings. The van der Waals surface area contributed by atoms with Crippen molar-refractivity contribution >= 4 is 17.7 Å². The van der Waals surface area contributed by atoms with Crippen LogP contribution >= 0.6 is 11.8 Å². The number of guanidine groups is 1. The van der Waals surface area contributed by atoms with Crippen molar-refractivity contribution in [3.05, 3.63) is 54.1 Å². The molecule has 0 unspecified atom stereocenters. The summed E-state index contributed by atoms with van der Waals surface area (Å²) in [5.41, 5.74) is 1.11. The molecule has 0 radical (unpaired) electrons. The second-order valence-corrected chi connectivity index (χ2v) is 8.11. The molecule has 1 aliphatic carbocycles. The van der Waals surface area contributed by atoms with Gasteiger partial charge in [0.25, 0.3) is 0 Å². The summed E-state index contributed by atoms with van der Waals surface area (Å²) >= 11 is 1.96. The fourth-order valence-corrected chi connectivity index (χ4v) is 4.08. The van der Waals surface area contributed by atoms with Crippen LogP contribution in [0.4, 0.5) is 0 Å². The highest BCUT2D eigenvalue weighted by atomic mass is 32.2. The van der Waals surface area contributed by atoms with Gasteiger partial charge in [-0.25, -0.2) is 0 Å². The minimum Gasteiger partial charge on any atom is -0.493 e. The molecule has 0 bridgehead atoms. The summed E-state index contributed by atoms with van der Waals surface area (Å²) in [5, 5.41) is 6.85. The van der Waals surface area contributed by atoms with Crippen molar-refractivity contribution in [3.8, 4) is 11.5 Å². The van der Waals surface area contributed by atoms with Gasteiger partial charge in [0.05, 0.1) is 14.2 Å². The molecule has 27 heavy (non-hydrogen) atoms. The van der Waals surface area contributed by atoms with Crippen LogP contribution in [-0.4, -0.2) is 38.5 Å². The van der Waals surface area contributed by atoms with E-state index in [2.05, 4.69) is 46.0 Å². The van der Waals surface area contributed by atoms with Crippen molar-refractivity contribution in [1.29, 1.82) is 0 Å². The molecule has 1 saturated carbocycles. The van der Waals surface area contributed by atoms with E-state index in [1.165, 1.54) is 17.7 Å². The lowest BCUT2D eigenvalue weighted by atomic mass is 10.2. The summed E-state index contributed by atoms with van der Waals surface area (Å²) in [6, 6.07) is 16.5. The van der Waals surface area contributed by atoms with Crippen LogP contribution in [0.25, 0.3) is 0 Å². The fraction of sp³-hybridized carbons (Fsp3) is 0.381. The Bertz CT molecular complexity index is 776. The van der Waals surface area contributed by atoms with Gasteiger partial charge in [0.1, 0.15) is 0 Å². The van der Waals surface area contributed by atoms with Crippen molar-refractivity contribution in [3.63, 3.8) is 0 Å². The number of hydrogen-bond acceptors (Lipinski definition) is 4. The van der Waals surface area contributed by atoms with Crippen LogP contribution < -0.4 is 20.1 Å². The Kier molecular flexibility index (Phi) is 6.50. The lowest BCUT2D eigenvalue weighted by Gasteiger charge is -2.18. The summed E-state index contributed by atoms with van der Waals surface area (Å²) < 4.78 is 10.9. The van der Waals surface area contributed by atoms with Crippen LogP contribution in [0.5, 0.6) is 11.5 Å². The zero-order valence-corrected chi connectivity index (χ0v) is 16.9. The van der Waals surface area contributed by atoms with E-state index in [4.69, 9.17) is 9.47 Å². The van der Waals surface area contributed by atoms with Crippen LogP contribution in [0, 0.1) is 0 Å². The number of thioether (sulfide) groups is 1. The molecular formula is C21H27N3O2S. The third kappa shape index (κ3) is 5.32. The van der Waals surface area contributed by atoms with Gasteiger partial charge < -0.3 is 20.1 Å². The molecule has 0 aliphatic heterocycles. The predicted octanol–water partition coefficient (Wildman–Crippen LogP) is 3.69. The first-order valence-electron chi connectivity index (χ1n) is 9.07. The third-order valence-corrected chi connectivity index (χ3v) is 6.09. The highest BCUT2D eigenvalue weighted by Gasteiger charge is 2.43. The Hall–Kier alpha value is -2.34. The second kappa shape index (κ2) is 9.04. The van der Waals surface area contributed by atoms with Crippen LogP contribution in [0.1, 0.15) is 18.4 Å². The molecule has 3 rings (SSSR count). The Morgan fingerprint density at radius 1 is 1.04 bits per heavy atom. The maximum Gasteiger partial charge on any atom is 0.191 e. The lowest BCUT2D eigenvalue weighted by Crippen LogP contribution is -2.40. The van der Waals surface area contributed by atoms with Crippen LogP contribution in [0.15, 0.2) is 58.4 Å². The minimum absolute atomic E-state index is 0.280. The number of nitrogens with zero attached hydrogens (tertiary/aromatic N) is 1. The zero-order chi connectivity index (χ0) is 19.1. The van der Waals surface area contributed by atoms with E-state index in [1.807, 2.05) is 30.0 Å². The quantitative estimate of drug-likeness (QED) is 0.536. The van der Waals surface area contributed by atoms with Crippen molar-refractivity contribution < 1.29 is 9.47 Å². The van der Waals surface area contributed by atoms with Gasteiger partial charge in [-0.2, -0.15) is 0 Å². The third-order valence-electron chi connectivity index (χ3n) is 4.59. The summed E-state index contributed by atoms with van der Waals surface area (Å²) in [6.45, 7) is 1.57. The van der Waals surface area contributed by atoms with E-state index in [9.17, 15) is 0 Å². The highest BCUT2D eigenvalue weighted by molar-refractivity contribution is 8.01. The molecule has 1 fully saturated rings. The van der Waals surface area contributed by atoms with E-state index in [-0.39, 0.29) is 4.75 Å². The van der Waals surface area contributed by atoms with E-state index >= 15 is 0 Å². The number of ether oxygens (including phenoxy) is 2. The molecule has 2 N–H and O–H groups in total. The summed E-state index contributed by atoms with van der Waals surface area (Å²) in [6.07, 6.45) is 2.46. The number of rotatable bonds is 8. The van der Waals surface area contributed by atoms with Gasteiger partial charge >= 0.3 is 0 Å². The maximum absolute atomic E-state index is 5.37. The van der Waals surface area contributed by atoms with Crippen molar-refractivity contribution in [1.82, 2.24) is 10.6 Å². The smallest absolute Gasteiger partial charge is 0.191 e. The molecule has 6 heteroatoms. The number of nitrogens with one attached hydrogen (secondary N) is 2. The average Bonchev–Trinajstić information content (AvgIpc) is 3.48. The van der Waals surface area contributed by atoms with Gasteiger partial charge in [0.15, 0.2) is 17.5 Å². The monoisotopic (exact) mass is 385 g/mol. The first kappa shape index (κ1) is 19.4. The molecule has 0 amide bonds. The van der Waals surface area contributed by atoms with E-state index in [0.717, 1.165) is 29.6 Å². The Balaban J connectivity index is 1.51. The van der Waals surface area contributed by atoms with Gasteiger partial charge in [-0.15, -0.1) is 11.8 Å². The minimum atomic E-state index is 0.280. The Morgan fingerprint density at radius 2 is 1.78 bits per heavy atom. The van der Waals surface area contributed by atoms with E-state index in [1.54, 1.807) is 21.3 Å².